The zero-order valence-electron chi connectivity index (χ0n) is 13.6. The second-order valence-corrected chi connectivity index (χ2v) is 6.95. The van der Waals surface area contributed by atoms with Crippen LogP contribution >= 0.6 is 0 Å². The number of pyridine rings is 1. The Kier molecular flexibility index (Phi) is 3.77. The number of fused-ring (bicyclic) bond motifs is 3. The molecule has 3 atom stereocenters. The van der Waals surface area contributed by atoms with Crippen molar-refractivity contribution >= 4 is 22.4 Å². The first-order valence-electron chi connectivity index (χ1n) is 8.49. The largest absolute Gasteiger partial charge is 0.392 e. The molecule has 2 heterocycles. The number of nitriles is 1. The number of hydrogen-bond donors (Lipinski definition) is 1. The van der Waals surface area contributed by atoms with E-state index in [0.717, 1.165) is 32.4 Å². The van der Waals surface area contributed by atoms with Crippen LogP contribution in [-0.2, 0) is 0 Å². The number of hydrogen-bond acceptors (Lipinski definition) is 6. The van der Waals surface area contributed by atoms with Crippen LogP contribution in [0.5, 0.6) is 0 Å². The lowest BCUT2D eigenvalue weighted by molar-refractivity contribution is -0.384. The molecule has 1 saturated heterocycles. The molecule has 2 fully saturated rings. The number of anilines is 1. The molecule has 0 amide bonds. The summed E-state index contributed by atoms with van der Waals surface area (Å²) in [6.45, 7) is 1.46. The highest BCUT2D eigenvalue weighted by Crippen LogP contribution is 2.37. The van der Waals surface area contributed by atoms with Gasteiger partial charge in [-0.1, -0.05) is 6.42 Å². The summed E-state index contributed by atoms with van der Waals surface area (Å²) >= 11 is 0. The minimum absolute atomic E-state index is 0.0471. The summed E-state index contributed by atoms with van der Waals surface area (Å²) < 4.78 is 0. The summed E-state index contributed by atoms with van der Waals surface area (Å²) in [6.07, 6.45) is 2.93. The highest BCUT2D eigenvalue weighted by molar-refractivity contribution is 5.88. The fraction of sp³-hybridized carbons (Fsp3) is 0.444. The van der Waals surface area contributed by atoms with E-state index in [1.165, 1.54) is 12.1 Å². The monoisotopic (exact) mass is 338 g/mol. The van der Waals surface area contributed by atoms with Crippen LogP contribution < -0.4 is 4.90 Å². The molecular formula is C18H18N4O3. The SMILES string of the molecule is N#Cc1cc(N2C[C@H]3CCC[C@@H](C2)C3O)nc2ccc([N+](=O)[O-])cc12. The fourth-order valence-electron chi connectivity index (χ4n) is 4.16. The molecule has 1 aliphatic heterocycles. The molecule has 1 aliphatic carbocycles. The van der Waals surface area contributed by atoms with Gasteiger partial charge in [-0.05, 0) is 25.0 Å². The highest BCUT2D eigenvalue weighted by Gasteiger charge is 2.38. The normalized spacial score (nSPS) is 25.6. The predicted molar refractivity (Wildman–Crippen MR) is 92.2 cm³/mol. The van der Waals surface area contributed by atoms with Crippen molar-refractivity contribution in [2.24, 2.45) is 11.8 Å². The summed E-state index contributed by atoms with van der Waals surface area (Å²) in [5.74, 6) is 1.20. The van der Waals surface area contributed by atoms with Gasteiger partial charge in [-0.3, -0.25) is 10.1 Å². The first kappa shape index (κ1) is 15.8. The van der Waals surface area contributed by atoms with E-state index < -0.39 is 4.92 Å². The van der Waals surface area contributed by atoms with Crippen molar-refractivity contribution in [3.63, 3.8) is 0 Å². The zero-order valence-corrected chi connectivity index (χ0v) is 13.6. The number of aromatic nitrogens is 1. The van der Waals surface area contributed by atoms with Gasteiger partial charge in [0.1, 0.15) is 5.82 Å². The molecule has 1 aromatic carbocycles. The van der Waals surface area contributed by atoms with Crippen molar-refractivity contribution in [2.45, 2.75) is 25.4 Å². The van der Waals surface area contributed by atoms with Crippen molar-refractivity contribution < 1.29 is 10.0 Å². The molecule has 1 N–H and O–H groups in total. The standard InChI is InChI=1S/C18H18N4O3/c19-8-13-6-17(20-16-5-4-14(22(24)25)7-15(13)16)21-9-11-2-1-3-12(10-21)18(11)23/h4-7,11-12,18,23H,1-3,9-10H2/t11-,12+,18?. The van der Waals surface area contributed by atoms with Gasteiger partial charge in [-0.2, -0.15) is 5.26 Å². The average molecular weight is 338 g/mol. The lowest BCUT2D eigenvalue weighted by Crippen LogP contribution is -2.51. The Morgan fingerprint density at radius 3 is 2.64 bits per heavy atom. The van der Waals surface area contributed by atoms with Crippen LogP contribution in [0.15, 0.2) is 24.3 Å². The lowest BCUT2D eigenvalue weighted by atomic mass is 9.75. The van der Waals surface area contributed by atoms with Gasteiger partial charge < -0.3 is 10.0 Å². The highest BCUT2D eigenvalue weighted by atomic mass is 16.6. The number of nitro groups is 1. The molecule has 2 aromatic rings. The molecule has 25 heavy (non-hydrogen) atoms. The second kappa shape index (κ2) is 5.97. The van der Waals surface area contributed by atoms with Gasteiger partial charge in [-0.25, -0.2) is 4.98 Å². The van der Waals surface area contributed by atoms with Gasteiger partial charge in [0, 0.05) is 42.4 Å². The molecule has 1 aromatic heterocycles. The molecular weight excluding hydrogens is 320 g/mol. The third-order valence-electron chi connectivity index (χ3n) is 5.46. The summed E-state index contributed by atoms with van der Waals surface area (Å²) in [6, 6.07) is 8.25. The topological polar surface area (TPSA) is 103 Å². The van der Waals surface area contributed by atoms with Crippen molar-refractivity contribution in [3.8, 4) is 6.07 Å². The Bertz CT molecular complexity index is 878. The van der Waals surface area contributed by atoms with E-state index in [1.807, 2.05) is 0 Å². The van der Waals surface area contributed by atoms with Crippen molar-refractivity contribution in [2.75, 3.05) is 18.0 Å². The minimum Gasteiger partial charge on any atom is -0.392 e. The van der Waals surface area contributed by atoms with Gasteiger partial charge in [0.2, 0.25) is 0 Å². The molecule has 0 spiro atoms. The van der Waals surface area contributed by atoms with Crippen LogP contribution in [0.1, 0.15) is 24.8 Å². The van der Waals surface area contributed by atoms with Crippen LogP contribution in [0.25, 0.3) is 10.9 Å². The molecule has 2 bridgehead atoms. The lowest BCUT2D eigenvalue weighted by Gasteiger charge is -2.45. The van der Waals surface area contributed by atoms with Gasteiger partial charge in [0.05, 0.1) is 28.2 Å². The van der Waals surface area contributed by atoms with Crippen LogP contribution in [0, 0.1) is 33.3 Å². The van der Waals surface area contributed by atoms with Crippen molar-refractivity contribution in [1.29, 1.82) is 5.26 Å². The summed E-state index contributed by atoms with van der Waals surface area (Å²) in [5.41, 5.74) is 0.921. The Hall–Kier alpha value is -2.72. The summed E-state index contributed by atoms with van der Waals surface area (Å²) in [4.78, 5) is 17.3. The van der Waals surface area contributed by atoms with Gasteiger partial charge in [-0.15, -0.1) is 0 Å². The molecule has 1 saturated carbocycles. The number of benzene rings is 1. The molecule has 1 unspecified atom stereocenters. The average Bonchev–Trinajstić information content (AvgIpc) is 2.60. The summed E-state index contributed by atoms with van der Waals surface area (Å²) in [5, 5.41) is 31.3. The number of aliphatic hydroxyl groups is 1. The quantitative estimate of drug-likeness (QED) is 0.667. The van der Waals surface area contributed by atoms with Gasteiger partial charge in [0.25, 0.3) is 5.69 Å². The van der Waals surface area contributed by atoms with E-state index in [2.05, 4.69) is 16.0 Å². The van der Waals surface area contributed by atoms with Crippen LogP contribution in [0.4, 0.5) is 11.5 Å². The van der Waals surface area contributed by atoms with Gasteiger partial charge >= 0.3 is 0 Å². The number of piperidine rings is 1. The Labute approximate surface area is 144 Å². The third-order valence-corrected chi connectivity index (χ3v) is 5.46. The Balaban J connectivity index is 1.75. The third kappa shape index (κ3) is 2.68. The number of aliphatic hydroxyl groups excluding tert-OH is 1. The fourth-order valence-corrected chi connectivity index (χ4v) is 4.16. The predicted octanol–water partition coefficient (Wildman–Crippen LogP) is 2.61. The maximum absolute atomic E-state index is 11.0. The summed E-state index contributed by atoms with van der Waals surface area (Å²) in [7, 11) is 0. The maximum Gasteiger partial charge on any atom is 0.270 e. The molecule has 7 heteroatoms. The smallest absolute Gasteiger partial charge is 0.270 e. The van der Waals surface area contributed by atoms with Crippen molar-refractivity contribution in [3.05, 3.63) is 39.9 Å². The Morgan fingerprint density at radius 1 is 1.28 bits per heavy atom. The van der Waals surface area contributed by atoms with E-state index in [4.69, 9.17) is 0 Å². The van der Waals surface area contributed by atoms with Crippen LogP contribution in [0.3, 0.4) is 0 Å². The van der Waals surface area contributed by atoms with E-state index >= 15 is 0 Å². The maximum atomic E-state index is 11.0. The zero-order chi connectivity index (χ0) is 17.6. The van der Waals surface area contributed by atoms with Gasteiger partial charge in [0.15, 0.2) is 0 Å². The van der Waals surface area contributed by atoms with E-state index in [-0.39, 0.29) is 23.6 Å². The molecule has 4 rings (SSSR count). The van der Waals surface area contributed by atoms with Crippen LogP contribution in [0.2, 0.25) is 0 Å². The minimum atomic E-state index is -0.471. The first-order chi connectivity index (χ1) is 12.1. The molecule has 128 valence electrons. The van der Waals surface area contributed by atoms with Crippen LogP contribution in [-0.4, -0.2) is 34.2 Å². The van der Waals surface area contributed by atoms with E-state index in [9.17, 15) is 20.5 Å². The number of nitro benzene ring substituents is 1. The second-order valence-electron chi connectivity index (χ2n) is 6.95. The van der Waals surface area contributed by atoms with E-state index in [0.29, 0.717) is 22.3 Å². The number of rotatable bonds is 2. The number of non-ortho nitro benzene ring substituents is 1. The molecule has 0 radical (unpaired) electrons. The first-order valence-corrected chi connectivity index (χ1v) is 8.49. The van der Waals surface area contributed by atoms with E-state index in [1.54, 1.807) is 12.1 Å². The Morgan fingerprint density at radius 2 is 2.00 bits per heavy atom. The van der Waals surface area contributed by atoms with Crippen molar-refractivity contribution in [1.82, 2.24) is 4.98 Å². The molecule has 2 aliphatic rings. The molecule has 7 nitrogen and oxygen atoms in total. The number of nitrogens with zero attached hydrogens (tertiary/aromatic N) is 4.